The molecule has 24 heavy (non-hydrogen) atoms. The first-order valence-corrected chi connectivity index (χ1v) is 6.97. The fourth-order valence-corrected chi connectivity index (χ4v) is 1.95. The predicted octanol–water partition coefficient (Wildman–Crippen LogP) is 3.17. The monoisotopic (exact) mass is 352 g/mol. The highest BCUT2D eigenvalue weighted by molar-refractivity contribution is 6.31. The Balaban J connectivity index is 2.10. The number of hydrogen-bond donors (Lipinski definition) is 1. The molecule has 1 N–H and O–H groups in total. The number of hydrazone groups is 1. The molecule has 2 aromatic carbocycles. The molecule has 0 heterocycles. The summed E-state index contributed by atoms with van der Waals surface area (Å²) >= 11 is 5.58. The SMILES string of the molecule is COC(=O)c1ccc(/C=N/NC(=O)c2cccc(Cl)c2F)c(F)c1. The van der Waals surface area contributed by atoms with Crippen LogP contribution in [0.4, 0.5) is 8.78 Å². The van der Waals surface area contributed by atoms with Crippen molar-refractivity contribution in [1.82, 2.24) is 5.43 Å². The molecule has 0 unspecified atom stereocenters. The van der Waals surface area contributed by atoms with Gasteiger partial charge in [-0.1, -0.05) is 17.7 Å². The quantitative estimate of drug-likeness (QED) is 0.522. The predicted molar refractivity (Wildman–Crippen MR) is 84.2 cm³/mol. The van der Waals surface area contributed by atoms with Crippen molar-refractivity contribution >= 4 is 29.7 Å². The number of amides is 1. The number of benzene rings is 2. The van der Waals surface area contributed by atoms with E-state index in [9.17, 15) is 18.4 Å². The van der Waals surface area contributed by atoms with E-state index >= 15 is 0 Å². The summed E-state index contributed by atoms with van der Waals surface area (Å²) in [6.07, 6.45) is 1.02. The Hall–Kier alpha value is -2.80. The lowest BCUT2D eigenvalue weighted by Gasteiger charge is -2.03. The molecule has 0 radical (unpaired) electrons. The largest absolute Gasteiger partial charge is 0.465 e. The lowest BCUT2D eigenvalue weighted by Crippen LogP contribution is -2.19. The second-order valence-corrected chi connectivity index (χ2v) is 4.94. The van der Waals surface area contributed by atoms with E-state index in [0.717, 1.165) is 12.3 Å². The van der Waals surface area contributed by atoms with Gasteiger partial charge >= 0.3 is 5.97 Å². The molecule has 0 spiro atoms. The molecule has 0 aromatic heterocycles. The zero-order chi connectivity index (χ0) is 17.7. The van der Waals surface area contributed by atoms with Crippen molar-refractivity contribution in [2.45, 2.75) is 0 Å². The summed E-state index contributed by atoms with van der Waals surface area (Å²) < 4.78 is 32.0. The van der Waals surface area contributed by atoms with Gasteiger partial charge in [-0.2, -0.15) is 5.10 Å². The number of halogens is 3. The summed E-state index contributed by atoms with van der Waals surface area (Å²) in [4.78, 5) is 23.1. The summed E-state index contributed by atoms with van der Waals surface area (Å²) in [5.74, 6) is -3.12. The van der Waals surface area contributed by atoms with Gasteiger partial charge in [-0.05, 0) is 30.3 Å². The zero-order valence-electron chi connectivity index (χ0n) is 12.3. The molecular weight excluding hydrogens is 342 g/mol. The van der Waals surface area contributed by atoms with Gasteiger partial charge < -0.3 is 4.74 Å². The number of carbonyl (C=O) groups excluding carboxylic acids is 2. The minimum Gasteiger partial charge on any atom is -0.465 e. The number of carbonyl (C=O) groups is 2. The lowest BCUT2D eigenvalue weighted by atomic mass is 10.1. The standard InChI is InChI=1S/C16H11ClF2N2O3/c1-24-16(23)9-5-6-10(13(18)7-9)8-20-21-15(22)11-3-2-4-12(17)14(11)19/h2-8H,1H3,(H,21,22)/b20-8+. The van der Waals surface area contributed by atoms with E-state index in [2.05, 4.69) is 15.3 Å². The third-order valence-corrected chi connectivity index (χ3v) is 3.28. The Kier molecular flexibility index (Phi) is 5.59. The van der Waals surface area contributed by atoms with Crippen LogP contribution < -0.4 is 5.43 Å². The zero-order valence-corrected chi connectivity index (χ0v) is 13.1. The van der Waals surface area contributed by atoms with Crippen molar-refractivity contribution in [2.24, 2.45) is 5.10 Å². The molecule has 0 atom stereocenters. The third kappa shape index (κ3) is 3.94. The molecule has 124 valence electrons. The van der Waals surface area contributed by atoms with Crippen LogP contribution >= 0.6 is 11.6 Å². The van der Waals surface area contributed by atoms with E-state index in [1.54, 1.807) is 0 Å². The van der Waals surface area contributed by atoms with Crippen LogP contribution in [0.1, 0.15) is 26.3 Å². The van der Waals surface area contributed by atoms with Crippen molar-refractivity contribution in [2.75, 3.05) is 7.11 Å². The molecule has 8 heteroatoms. The smallest absolute Gasteiger partial charge is 0.337 e. The normalized spacial score (nSPS) is 10.7. The van der Waals surface area contributed by atoms with Crippen LogP contribution in [0.5, 0.6) is 0 Å². The van der Waals surface area contributed by atoms with Crippen LogP contribution in [0.3, 0.4) is 0 Å². The highest BCUT2D eigenvalue weighted by Gasteiger charge is 2.13. The van der Waals surface area contributed by atoms with Crippen LogP contribution in [0.25, 0.3) is 0 Å². The first-order valence-electron chi connectivity index (χ1n) is 6.59. The molecule has 0 fully saturated rings. The average molecular weight is 353 g/mol. The number of ether oxygens (including phenoxy) is 1. The first kappa shape index (κ1) is 17.6. The van der Waals surface area contributed by atoms with Gasteiger partial charge in [0, 0.05) is 5.56 Å². The van der Waals surface area contributed by atoms with Gasteiger partial charge in [0.25, 0.3) is 5.91 Å². The number of rotatable bonds is 4. The van der Waals surface area contributed by atoms with Gasteiger partial charge in [0.1, 0.15) is 5.82 Å². The summed E-state index contributed by atoms with van der Waals surface area (Å²) in [6.45, 7) is 0. The minimum atomic E-state index is -0.875. The van der Waals surface area contributed by atoms with Gasteiger partial charge in [-0.25, -0.2) is 19.0 Å². The van der Waals surface area contributed by atoms with E-state index < -0.39 is 23.5 Å². The lowest BCUT2D eigenvalue weighted by molar-refractivity contribution is 0.0600. The molecule has 2 rings (SSSR count). The van der Waals surface area contributed by atoms with E-state index in [-0.39, 0.29) is 21.7 Å². The molecule has 1 amide bonds. The van der Waals surface area contributed by atoms with Crippen molar-refractivity contribution in [3.05, 3.63) is 69.7 Å². The van der Waals surface area contributed by atoms with E-state index in [1.165, 1.54) is 37.4 Å². The van der Waals surface area contributed by atoms with Gasteiger partial charge in [-0.3, -0.25) is 4.79 Å². The van der Waals surface area contributed by atoms with Crippen molar-refractivity contribution in [3.63, 3.8) is 0 Å². The summed E-state index contributed by atoms with van der Waals surface area (Å²) in [5, 5.41) is 3.36. The third-order valence-electron chi connectivity index (χ3n) is 2.99. The molecule has 0 aliphatic heterocycles. The Labute approximate surface area is 140 Å². The van der Waals surface area contributed by atoms with Crippen LogP contribution in [-0.2, 0) is 4.74 Å². The molecule has 0 bridgehead atoms. The minimum absolute atomic E-state index is 0.0227. The maximum Gasteiger partial charge on any atom is 0.337 e. The Morgan fingerprint density at radius 2 is 2.00 bits per heavy atom. The molecule has 0 aliphatic rings. The molecule has 2 aromatic rings. The summed E-state index contributed by atoms with van der Waals surface area (Å²) in [6, 6.07) is 7.56. The van der Waals surface area contributed by atoms with Gasteiger partial charge in [0.15, 0.2) is 5.82 Å². The summed E-state index contributed by atoms with van der Waals surface area (Å²) in [5.41, 5.74) is 1.84. The van der Waals surface area contributed by atoms with E-state index in [0.29, 0.717) is 0 Å². The maximum atomic E-state index is 13.8. The fraction of sp³-hybridized carbons (Fsp3) is 0.0625. The highest BCUT2D eigenvalue weighted by atomic mass is 35.5. The second kappa shape index (κ2) is 7.65. The topological polar surface area (TPSA) is 67.8 Å². The maximum absolute atomic E-state index is 13.8. The highest BCUT2D eigenvalue weighted by Crippen LogP contribution is 2.17. The van der Waals surface area contributed by atoms with Crippen LogP contribution in [0.2, 0.25) is 5.02 Å². The average Bonchev–Trinajstić information content (AvgIpc) is 2.57. The molecule has 5 nitrogen and oxygen atoms in total. The van der Waals surface area contributed by atoms with Gasteiger partial charge in [0.2, 0.25) is 0 Å². The molecule has 0 aliphatic carbocycles. The number of nitrogens with zero attached hydrogens (tertiary/aromatic N) is 1. The second-order valence-electron chi connectivity index (χ2n) is 4.53. The number of hydrogen-bond acceptors (Lipinski definition) is 4. The van der Waals surface area contributed by atoms with Crippen molar-refractivity contribution in [3.8, 4) is 0 Å². The van der Waals surface area contributed by atoms with Crippen LogP contribution in [0.15, 0.2) is 41.5 Å². The van der Waals surface area contributed by atoms with Crippen LogP contribution in [0, 0.1) is 11.6 Å². The van der Waals surface area contributed by atoms with Crippen LogP contribution in [-0.4, -0.2) is 25.2 Å². The number of methoxy groups -OCH3 is 1. The molecule has 0 saturated carbocycles. The number of esters is 1. The number of nitrogens with one attached hydrogen (secondary N) is 1. The van der Waals surface area contributed by atoms with Crippen molar-refractivity contribution in [1.29, 1.82) is 0 Å². The Morgan fingerprint density at radius 1 is 1.25 bits per heavy atom. The Bertz CT molecular complexity index is 825. The van der Waals surface area contributed by atoms with Gasteiger partial charge in [-0.15, -0.1) is 0 Å². The van der Waals surface area contributed by atoms with Gasteiger partial charge in [0.05, 0.1) is 29.5 Å². The van der Waals surface area contributed by atoms with Crippen molar-refractivity contribution < 1.29 is 23.1 Å². The fourth-order valence-electron chi connectivity index (χ4n) is 1.78. The van der Waals surface area contributed by atoms with E-state index in [4.69, 9.17) is 11.6 Å². The first-order chi connectivity index (χ1) is 11.4. The van der Waals surface area contributed by atoms with E-state index in [1.807, 2.05) is 0 Å². The Morgan fingerprint density at radius 3 is 2.67 bits per heavy atom. The molecular formula is C16H11ClF2N2O3. The summed E-state index contributed by atoms with van der Waals surface area (Å²) in [7, 11) is 1.18. The molecule has 0 saturated heterocycles.